The lowest BCUT2D eigenvalue weighted by atomic mass is 10.0. The van der Waals surface area contributed by atoms with Gasteiger partial charge in [0, 0.05) is 17.8 Å². The number of carbonyl (C=O) groups excluding carboxylic acids is 1. The topological polar surface area (TPSA) is 84.3 Å². The predicted molar refractivity (Wildman–Crippen MR) is 98.8 cm³/mol. The number of nitrogens with one attached hydrogen (secondary N) is 2. The summed E-state index contributed by atoms with van der Waals surface area (Å²) in [6, 6.07) is 13.1. The Morgan fingerprint density at radius 2 is 1.92 bits per heavy atom. The molecule has 1 amide bonds. The molecule has 0 aliphatic rings. The number of hydrogen-bond acceptors (Lipinski definition) is 4. The second-order valence-corrected chi connectivity index (χ2v) is 6.14. The molecule has 0 unspecified atom stereocenters. The molecule has 0 aliphatic heterocycles. The molecular weight excluding hydrogens is 342 g/mol. The van der Waals surface area contributed by atoms with Crippen LogP contribution < -0.4 is 10.6 Å². The number of hydrogen-bond donors (Lipinski definition) is 2. The summed E-state index contributed by atoms with van der Waals surface area (Å²) in [5, 5.41) is 17.0. The van der Waals surface area contributed by atoms with Gasteiger partial charge in [-0.25, -0.2) is 0 Å². The Bertz CT molecular complexity index is 752. The minimum absolute atomic E-state index is 0.0281. The fraction of sp³-hybridized carbons (Fsp3) is 0.278. The maximum atomic E-state index is 12.8. The molecule has 132 valence electrons. The van der Waals surface area contributed by atoms with Crippen LogP contribution in [0.5, 0.6) is 0 Å². The molecule has 25 heavy (non-hydrogen) atoms. The molecular formula is C18H20ClN3O3. The highest BCUT2D eigenvalue weighted by atomic mass is 35.5. The van der Waals surface area contributed by atoms with Crippen molar-refractivity contribution in [1.29, 1.82) is 0 Å². The zero-order chi connectivity index (χ0) is 18.4. The van der Waals surface area contributed by atoms with E-state index in [1.807, 2.05) is 44.2 Å². The lowest BCUT2D eigenvalue weighted by Crippen LogP contribution is -2.38. The molecule has 6 nitrogen and oxygen atoms in total. The van der Waals surface area contributed by atoms with Gasteiger partial charge in [-0.05, 0) is 31.0 Å². The number of halogens is 1. The smallest absolute Gasteiger partial charge is 0.289 e. The van der Waals surface area contributed by atoms with Crippen LogP contribution in [0.4, 0.5) is 11.4 Å². The van der Waals surface area contributed by atoms with Crippen molar-refractivity contribution in [3.8, 4) is 0 Å². The van der Waals surface area contributed by atoms with E-state index in [0.29, 0.717) is 5.69 Å². The lowest BCUT2D eigenvalue weighted by molar-refractivity contribution is -0.384. The van der Waals surface area contributed by atoms with Gasteiger partial charge in [0.05, 0.1) is 4.92 Å². The summed E-state index contributed by atoms with van der Waals surface area (Å²) < 4.78 is 0. The maximum Gasteiger partial charge on any atom is 0.289 e. The van der Waals surface area contributed by atoms with Crippen LogP contribution in [0.15, 0.2) is 48.5 Å². The van der Waals surface area contributed by atoms with Crippen LogP contribution in [0, 0.1) is 10.1 Å². The summed E-state index contributed by atoms with van der Waals surface area (Å²) >= 11 is 5.81. The summed E-state index contributed by atoms with van der Waals surface area (Å²) in [7, 11) is 0. The van der Waals surface area contributed by atoms with Crippen molar-refractivity contribution < 1.29 is 9.72 Å². The van der Waals surface area contributed by atoms with Gasteiger partial charge in [-0.1, -0.05) is 48.9 Å². The molecule has 0 spiro atoms. The average Bonchev–Trinajstić information content (AvgIpc) is 2.61. The van der Waals surface area contributed by atoms with E-state index < -0.39 is 11.0 Å². The molecule has 2 rings (SSSR count). The van der Waals surface area contributed by atoms with E-state index in [1.165, 1.54) is 12.1 Å². The maximum absolute atomic E-state index is 12.8. The number of nitro benzene ring substituents is 1. The Kier molecular flexibility index (Phi) is 6.50. The van der Waals surface area contributed by atoms with Crippen LogP contribution in [-0.4, -0.2) is 16.9 Å². The van der Waals surface area contributed by atoms with Crippen LogP contribution in [-0.2, 0) is 4.79 Å². The van der Waals surface area contributed by atoms with Crippen molar-refractivity contribution in [3.05, 3.63) is 69.2 Å². The first kappa shape index (κ1) is 18.9. The van der Waals surface area contributed by atoms with Crippen LogP contribution in [0.2, 0.25) is 5.02 Å². The van der Waals surface area contributed by atoms with Crippen molar-refractivity contribution in [2.24, 2.45) is 0 Å². The van der Waals surface area contributed by atoms with E-state index in [2.05, 4.69) is 10.6 Å². The summed E-state index contributed by atoms with van der Waals surface area (Å²) in [5.74, 6) is -0.289. The Balaban J connectivity index is 2.25. The van der Waals surface area contributed by atoms with Gasteiger partial charge in [-0.15, -0.1) is 0 Å². The second kappa shape index (κ2) is 8.60. The number of nitro groups is 1. The normalized spacial score (nSPS) is 13.1. The largest absolute Gasteiger partial charge is 0.324 e. The van der Waals surface area contributed by atoms with Crippen molar-refractivity contribution in [2.75, 3.05) is 5.32 Å². The third kappa shape index (κ3) is 5.01. The predicted octanol–water partition coefficient (Wildman–Crippen LogP) is 4.32. The minimum Gasteiger partial charge on any atom is -0.324 e. The van der Waals surface area contributed by atoms with Crippen molar-refractivity contribution >= 4 is 28.9 Å². The summed E-state index contributed by atoms with van der Waals surface area (Å²) in [5.41, 5.74) is 0.905. The van der Waals surface area contributed by atoms with Gasteiger partial charge in [-0.3, -0.25) is 20.2 Å². The van der Waals surface area contributed by atoms with Crippen molar-refractivity contribution in [2.45, 2.75) is 32.4 Å². The molecule has 0 aliphatic carbocycles. The quantitative estimate of drug-likeness (QED) is 0.568. The SMILES string of the molecule is CC[C@H](C)N[C@H](C(=O)Nc1ccc(Cl)c([N+](=O)[O-])c1)c1ccccc1. The zero-order valence-corrected chi connectivity index (χ0v) is 14.8. The first-order chi connectivity index (χ1) is 11.9. The van der Waals surface area contributed by atoms with Crippen LogP contribution >= 0.6 is 11.6 Å². The number of amides is 1. The Hall–Kier alpha value is -2.44. The first-order valence-corrected chi connectivity index (χ1v) is 8.36. The molecule has 0 radical (unpaired) electrons. The Morgan fingerprint density at radius 3 is 2.52 bits per heavy atom. The van der Waals surface area contributed by atoms with Crippen LogP contribution in [0.1, 0.15) is 31.9 Å². The van der Waals surface area contributed by atoms with E-state index in [4.69, 9.17) is 11.6 Å². The number of carbonyl (C=O) groups is 1. The lowest BCUT2D eigenvalue weighted by Gasteiger charge is -2.22. The average molecular weight is 362 g/mol. The highest BCUT2D eigenvalue weighted by Gasteiger charge is 2.23. The van der Waals surface area contributed by atoms with E-state index >= 15 is 0 Å². The highest BCUT2D eigenvalue weighted by Crippen LogP contribution is 2.28. The Morgan fingerprint density at radius 1 is 1.24 bits per heavy atom. The number of nitrogens with zero attached hydrogens (tertiary/aromatic N) is 1. The third-order valence-electron chi connectivity index (χ3n) is 3.87. The fourth-order valence-corrected chi connectivity index (χ4v) is 2.50. The number of anilines is 1. The summed E-state index contributed by atoms with van der Waals surface area (Å²) in [6.07, 6.45) is 0.864. The molecule has 7 heteroatoms. The Labute approximate surface area is 151 Å². The monoisotopic (exact) mass is 361 g/mol. The minimum atomic E-state index is -0.579. The fourth-order valence-electron chi connectivity index (χ4n) is 2.32. The van der Waals surface area contributed by atoms with Gasteiger partial charge in [0.25, 0.3) is 5.69 Å². The molecule has 2 aromatic rings. The third-order valence-corrected chi connectivity index (χ3v) is 4.19. The highest BCUT2D eigenvalue weighted by molar-refractivity contribution is 6.32. The van der Waals surface area contributed by atoms with E-state index in [9.17, 15) is 14.9 Å². The molecule has 0 heterocycles. The van der Waals surface area contributed by atoms with Gasteiger partial charge in [0.2, 0.25) is 5.91 Å². The summed E-state index contributed by atoms with van der Waals surface area (Å²) in [6.45, 7) is 4.02. The zero-order valence-electron chi connectivity index (χ0n) is 14.0. The van der Waals surface area contributed by atoms with Crippen molar-refractivity contribution in [1.82, 2.24) is 5.32 Å². The molecule has 0 aromatic heterocycles. The van der Waals surface area contributed by atoms with Gasteiger partial charge in [-0.2, -0.15) is 0 Å². The molecule has 0 bridgehead atoms. The van der Waals surface area contributed by atoms with E-state index in [1.54, 1.807) is 6.07 Å². The van der Waals surface area contributed by atoms with E-state index in [0.717, 1.165) is 12.0 Å². The standard InChI is InChI=1S/C18H20ClN3O3/c1-3-12(2)20-17(13-7-5-4-6-8-13)18(23)21-14-9-10-15(19)16(11-14)22(24)25/h4-12,17,20H,3H2,1-2H3,(H,21,23)/t12-,17-/m0/s1. The summed E-state index contributed by atoms with van der Waals surface area (Å²) in [4.78, 5) is 23.2. The molecule has 2 atom stereocenters. The van der Waals surface area contributed by atoms with Gasteiger partial charge >= 0.3 is 0 Å². The van der Waals surface area contributed by atoms with Crippen LogP contribution in [0.25, 0.3) is 0 Å². The number of benzene rings is 2. The molecule has 0 saturated heterocycles. The van der Waals surface area contributed by atoms with Gasteiger partial charge in [0.15, 0.2) is 0 Å². The van der Waals surface area contributed by atoms with E-state index in [-0.39, 0.29) is 22.7 Å². The van der Waals surface area contributed by atoms with Crippen molar-refractivity contribution in [3.63, 3.8) is 0 Å². The van der Waals surface area contributed by atoms with Crippen LogP contribution in [0.3, 0.4) is 0 Å². The molecule has 2 aromatic carbocycles. The second-order valence-electron chi connectivity index (χ2n) is 5.73. The molecule has 2 N–H and O–H groups in total. The first-order valence-electron chi connectivity index (χ1n) is 7.98. The number of rotatable bonds is 7. The van der Waals surface area contributed by atoms with Gasteiger partial charge < -0.3 is 5.32 Å². The molecule has 0 saturated carbocycles. The van der Waals surface area contributed by atoms with Gasteiger partial charge in [0.1, 0.15) is 11.1 Å². The molecule has 0 fully saturated rings.